The molecule has 3 saturated heterocycles. The van der Waals surface area contributed by atoms with Crippen LogP contribution < -0.4 is 15.1 Å². The van der Waals surface area contributed by atoms with Crippen molar-refractivity contribution in [3.8, 4) is 6.07 Å². The van der Waals surface area contributed by atoms with Crippen molar-refractivity contribution in [1.29, 1.82) is 5.26 Å². The van der Waals surface area contributed by atoms with Crippen LogP contribution in [0.3, 0.4) is 0 Å². The largest absolute Gasteiger partial charge is 0.371 e. The number of pyridine rings is 1. The molecule has 3 aromatic rings. The highest BCUT2D eigenvalue weighted by Gasteiger charge is 2.36. The molecule has 0 aliphatic carbocycles. The van der Waals surface area contributed by atoms with Crippen LogP contribution in [0.5, 0.6) is 0 Å². The number of aromatic nitrogens is 1. The zero-order valence-electron chi connectivity index (χ0n) is 21.2. The van der Waals surface area contributed by atoms with Gasteiger partial charge in [-0.1, -0.05) is 12.1 Å². The molecule has 0 saturated carbocycles. The van der Waals surface area contributed by atoms with Gasteiger partial charge in [0.1, 0.15) is 6.07 Å². The quantitative estimate of drug-likeness (QED) is 0.632. The summed E-state index contributed by atoms with van der Waals surface area (Å²) < 4.78 is 13.9. The Morgan fingerprint density at radius 2 is 1.94 bits per heavy atom. The van der Waals surface area contributed by atoms with Crippen molar-refractivity contribution in [2.24, 2.45) is 0 Å². The number of nitrogens with zero attached hydrogens (tertiary/aromatic N) is 5. The molecule has 3 atom stereocenters. The van der Waals surface area contributed by atoms with Crippen LogP contribution in [0.15, 0.2) is 54.7 Å². The number of nitriles is 1. The first-order valence-corrected chi connectivity index (χ1v) is 12.6. The lowest BCUT2D eigenvalue weighted by atomic mass is 10.00. The van der Waals surface area contributed by atoms with Gasteiger partial charge in [-0.05, 0) is 48.9 Å². The minimum absolute atomic E-state index is 0.139. The van der Waals surface area contributed by atoms with Crippen LogP contribution in [0.25, 0.3) is 10.9 Å². The van der Waals surface area contributed by atoms with E-state index in [0.29, 0.717) is 23.2 Å². The van der Waals surface area contributed by atoms with E-state index in [1.54, 1.807) is 6.07 Å². The number of nitrogens with one attached hydrogen (secondary N) is 1. The van der Waals surface area contributed by atoms with Crippen LogP contribution >= 0.6 is 0 Å². The van der Waals surface area contributed by atoms with Crippen LogP contribution in [0.1, 0.15) is 25.5 Å². The maximum Gasteiger partial charge on any atom is 0.101 e. The number of anilines is 2. The molecule has 180 valence electrons. The first-order chi connectivity index (χ1) is 17.6. The highest BCUT2D eigenvalue weighted by atomic mass is 16.5. The van der Waals surface area contributed by atoms with E-state index in [0.717, 1.165) is 63.5 Å². The summed E-state index contributed by atoms with van der Waals surface area (Å²) in [6.07, 6.45) is 0.329. The molecule has 3 aliphatic rings. The number of rotatable bonds is 3. The average Bonchev–Trinajstić information content (AvgIpc) is 2.92. The van der Waals surface area contributed by atoms with E-state index >= 15 is 0 Å². The van der Waals surface area contributed by atoms with Gasteiger partial charge in [0.2, 0.25) is 0 Å². The van der Waals surface area contributed by atoms with E-state index in [9.17, 15) is 5.26 Å². The monoisotopic (exact) mass is 469 g/mol. The van der Waals surface area contributed by atoms with Gasteiger partial charge in [-0.25, -0.2) is 0 Å². The Hall–Kier alpha value is -3.18. The first kappa shape index (κ1) is 21.1. The summed E-state index contributed by atoms with van der Waals surface area (Å²) in [7, 11) is 0. The van der Waals surface area contributed by atoms with E-state index in [1.165, 1.54) is 11.3 Å². The lowest BCUT2D eigenvalue weighted by Crippen LogP contribution is -2.65. The molecule has 0 amide bonds. The number of benzene rings is 2. The van der Waals surface area contributed by atoms with Crippen molar-refractivity contribution in [2.75, 3.05) is 62.2 Å². The zero-order chi connectivity index (χ0) is 24.6. The molecule has 3 aliphatic heterocycles. The zero-order valence-corrected chi connectivity index (χ0v) is 20.2. The van der Waals surface area contributed by atoms with E-state index in [1.807, 2.05) is 12.1 Å². The van der Waals surface area contributed by atoms with E-state index in [4.69, 9.17) is 6.11 Å². The number of hydrogen-bond acceptors (Lipinski definition) is 7. The maximum atomic E-state index is 9.57. The molecule has 0 bridgehead atoms. The second-order valence-electron chi connectivity index (χ2n) is 9.83. The lowest BCUT2D eigenvalue weighted by molar-refractivity contribution is 0.0277. The van der Waals surface area contributed by atoms with Gasteiger partial charge in [-0.3, -0.25) is 9.88 Å². The Balaban J connectivity index is 1.22. The van der Waals surface area contributed by atoms with Crippen molar-refractivity contribution in [1.82, 2.24) is 15.2 Å². The maximum absolute atomic E-state index is 9.57. The lowest BCUT2D eigenvalue weighted by Gasteiger charge is -2.51. The third-order valence-corrected chi connectivity index (χ3v) is 7.72. The van der Waals surface area contributed by atoms with E-state index in [2.05, 4.69) is 68.3 Å². The van der Waals surface area contributed by atoms with Gasteiger partial charge in [-0.15, -0.1) is 0 Å². The van der Waals surface area contributed by atoms with Crippen LogP contribution in [-0.2, 0) is 4.74 Å². The summed E-state index contributed by atoms with van der Waals surface area (Å²) in [6.45, 7) is 9.78. The highest BCUT2D eigenvalue weighted by molar-refractivity contribution is 5.95. The molecular weight excluding hydrogens is 436 g/mol. The highest BCUT2D eigenvalue weighted by Crippen LogP contribution is 2.33. The van der Waals surface area contributed by atoms with Crippen molar-refractivity contribution in [3.05, 3.63) is 65.8 Å². The normalized spacial score (nSPS) is 25.7. The number of ether oxygens (including phenoxy) is 1. The molecule has 2 aromatic carbocycles. The Morgan fingerprint density at radius 3 is 2.74 bits per heavy atom. The van der Waals surface area contributed by atoms with Gasteiger partial charge in [0, 0.05) is 80.8 Å². The van der Waals surface area contributed by atoms with Crippen molar-refractivity contribution < 1.29 is 6.11 Å². The van der Waals surface area contributed by atoms with Gasteiger partial charge < -0.3 is 19.9 Å². The summed E-state index contributed by atoms with van der Waals surface area (Å²) in [5.74, 6) is 0. The Labute approximate surface area is 208 Å². The van der Waals surface area contributed by atoms with Crippen LogP contribution in [0, 0.1) is 11.3 Å². The molecular formula is C28H32N6O. The smallest absolute Gasteiger partial charge is 0.101 e. The first-order valence-electron chi connectivity index (χ1n) is 13.1. The molecule has 6 rings (SSSR count). The molecule has 3 fully saturated rings. The standard InChI is InChI=1S/C28H32N6O/c1-20-17-33(26-9-6-22(15-29)28-25(26)3-2-10-31-28)19-24-18-32(12-13-34(20)24)23-7-4-21(5-8-23)27-16-30-11-14-35-27/h2-10,20,24,27,30H,11-14,16-19H2,1H3/t20-,24-,27+/m0/s1/i10D. The van der Waals surface area contributed by atoms with Crippen molar-refractivity contribution in [3.63, 3.8) is 0 Å². The molecule has 0 unspecified atom stereocenters. The third-order valence-electron chi connectivity index (χ3n) is 7.72. The number of piperazine rings is 2. The SMILES string of the molecule is [2H]c1ccc2c(N3C[C@@H]4CN(c5ccc([C@H]6CNCCO6)cc5)CCN4[C@@H](C)C3)ccc(C#N)c2n1. The fraction of sp³-hybridized carbons (Fsp3) is 0.429. The number of fused-ring (bicyclic) bond motifs is 2. The van der Waals surface area contributed by atoms with Gasteiger partial charge in [0.15, 0.2) is 0 Å². The summed E-state index contributed by atoms with van der Waals surface area (Å²) >= 11 is 0. The molecule has 4 heterocycles. The van der Waals surface area contributed by atoms with Crippen LogP contribution in [0.2, 0.25) is 0 Å². The Bertz CT molecular complexity index is 1290. The summed E-state index contributed by atoms with van der Waals surface area (Å²) in [5, 5.41) is 13.9. The summed E-state index contributed by atoms with van der Waals surface area (Å²) in [6, 6.07) is 19.5. The van der Waals surface area contributed by atoms with Gasteiger partial charge >= 0.3 is 0 Å². The van der Waals surface area contributed by atoms with Gasteiger partial charge in [-0.2, -0.15) is 5.26 Å². The second kappa shape index (κ2) is 9.46. The van der Waals surface area contributed by atoms with Crippen molar-refractivity contribution in [2.45, 2.75) is 25.1 Å². The molecule has 0 spiro atoms. The fourth-order valence-electron chi connectivity index (χ4n) is 5.95. The Morgan fingerprint density at radius 1 is 1.09 bits per heavy atom. The third kappa shape index (κ3) is 4.23. The molecule has 0 radical (unpaired) electrons. The minimum atomic E-state index is 0.139. The molecule has 1 N–H and O–H groups in total. The van der Waals surface area contributed by atoms with Crippen molar-refractivity contribution >= 4 is 22.3 Å². The number of morpholine rings is 1. The van der Waals surface area contributed by atoms with Gasteiger partial charge in [0.25, 0.3) is 0 Å². The second-order valence-corrected chi connectivity index (χ2v) is 9.83. The molecule has 1 aromatic heterocycles. The van der Waals surface area contributed by atoms with Gasteiger partial charge in [0.05, 0.1) is 25.2 Å². The van der Waals surface area contributed by atoms with Crippen LogP contribution in [0.4, 0.5) is 11.4 Å². The fourth-order valence-corrected chi connectivity index (χ4v) is 5.95. The molecule has 7 heteroatoms. The van der Waals surface area contributed by atoms with E-state index < -0.39 is 0 Å². The predicted octanol–water partition coefficient (Wildman–Crippen LogP) is 3.17. The number of hydrogen-bond donors (Lipinski definition) is 1. The van der Waals surface area contributed by atoms with Crippen LogP contribution in [-0.4, -0.2) is 74.4 Å². The predicted molar refractivity (Wildman–Crippen MR) is 139 cm³/mol. The minimum Gasteiger partial charge on any atom is -0.371 e. The average molecular weight is 470 g/mol. The molecule has 35 heavy (non-hydrogen) atoms. The molecule has 7 nitrogen and oxygen atoms in total. The summed E-state index contributed by atoms with van der Waals surface area (Å²) in [4.78, 5) is 12.0. The van der Waals surface area contributed by atoms with E-state index in [-0.39, 0.29) is 12.3 Å². The summed E-state index contributed by atoms with van der Waals surface area (Å²) in [5.41, 5.74) is 4.75. The topological polar surface area (TPSA) is 67.7 Å². The Kier molecular flexibility index (Phi) is 5.71.